The maximum absolute atomic E-state index is 12.2. The van der Waals surface area contributed by atoms with Crippen LogP contribution in [0.5, 0.6) is 11.5 Å². The number of carbonyl (C=O) groups excluding carboxylic acids is 1. The molecule has 1 aliphatic heterocycles. The first-order valence-corrected chi connectivity index (χ1v) is 8.69. The quantitative estimate of drug-likeness (QED) is 0.886. The van der Waals surface area contributed by atoms with E-state index in [-0.39, 0.29) is 17.6 Å². The summed E-state index contributed by atoms with van der Waals surface area (Å²) in [6, 6.07) is -0.0664. The highest BCUT2D eigenvalue weighted by Gasteiger charge is 2.47. The van der Waals surface area contributed by atoms with Crippen LogP contribution in [0.4, 0.5) is 0 Å². The minimum absolute atomic E-state index is 0.0664. The van der Waals surface area contributed by atoms with Gasteiger partial charge in [0, 0.05) is 24.0 Å². The largest absolute Gasteiger partial charge is 0.507 e. The van der Waals surface area contributed by atoms with Gasteiger partial charge in [0.25, 0.3) is 0 Å². The van der Waals surface area contributed by atoms with Crippen molar-refractivity contribution in [2.45, 2.75) is 77.9 Å². The number of nitrogens with one attached hydrogen (secondary N) is 1. The van der Waals surface area contributed by atoms with Crippen molar-refractivity contribution in [2.24, 2.45) is 0 Å². The summed E-state index contributed by atoms with van der Waals surface area (Å²) in [5.74, 6) is 1.28. The standard InChI is InChI=1S/C19H27NO3/c1-5-7-15(21)20-14-10-19(8-6-9-19)23-18-12(3)11(2)17(22)13(4)16(14)18/h14,22H,5-10H2,1-4H3,(H,20,21). The molecule has 1 amide bonds. The molecular formula is C19H27NO3. The Morgan fingerprint density at radius 1 is 1.26 bits per heavy atom. The van der Waals surface area contributed by atoms with Crippen LogP contribution >= 0.6 is 0 Å². The number of ether oxygens (including phenoxy) is 1. The van der Waals surface area contributed by atoms with E-state index in [4.69, 9.17) is 4.74 Å². The van der Waals surface area contributed by atoms with E-state index in [9.17, 15) is 9.90 Å². The monoisotopic (exact) mass is 317 g/mol. The van der Waals surface area contributed by atoms with Crippen molar-refractivity contribution in [2.75, 3.05) is 0 Å². The first-order chi connectivity index (χ1) is 10.9. The lowest BCUT2D eigenvalue weighted by molar-refractivity contribution is -0.123. The van der Waals surface area contributed by atoms with Gasteiger partial charge in [0.05, 0.1) is 6.04 Å². The van der Waals surface area contributed by atoms with Gasteiger partial charge in [0.2, 0.25) is 5.91 Å². The predicted octanol–water partition coefficient (Wildman–Crippen LogP) is 3.98. The number of fused-ring (bicyclic) bond motifs is 1. The van der Waals surface area contributed by atoms with Gasteiger partial charge in [-0.1, -0.05) is 6.92 Å². The van der Waals surface area contributed by atoms with Gasteiger partial charge in [-0.05, 0) is 57.6 Å². The number of hydrogen-bond acceptors (Lipinski definition) is 3. The van der Waals surface area contributed by atoms with Crippen LogP contribution in [0, 0.1) is 20.8 Å². The van der Waals surface area contributed by atoms with Gasteiger partial charge in [-0.3, -0.25) is 4.79 Å². The second-order valence-electron chi connectivity index (χ2n) is 7.18. The molecule has 1 aromatic carbocycles. The Bertz CT molecular complexity index is 647. The molecule has 126 valence electrons. The Morgan fingerprint density at radius 2 is 1.96 bits per heavy atom. The van der Waals surface area contributed by atoms with E-state index in [1.807, 2.05) is 27.7 Å². The van der Waals surface area contributed by atoms with Crippen molar-refractivity contribution in [1.29, 1.82) is 0 Å². The van der Waals surface area contributed by atoms with E-state index in [0.717, 1.165) is 53.7 Å². The van der Waals surface area contributed by atoms with Gasteiger partial charge in [-0.2, -0.15) is 0 Å². The summed E-state index contributed by atoms with van der Waals surface area (Å²) >= 11 is 0. The smallest absolute Gasteiger partial charge is 0.220 e. The summed E-state index contributed by atoms with van der Waals surface area (Å²) in [4.78, 5) is 12.2. The number of hydrogen-bond donors (Lipinski definition) is 2. The Kier molecular flexibility index (Phi) is 4.03. The molecule has 1 atom stereocenters. The molecule has 1 aromatic rings. The Labute approximate surface area is 138 Å². The van der Waals surface area contributed by atoms with Crippen LogP contribution in [0.2, 0.25) is 0 Å². The fourth-order valence-corrected chi connectivity index (χ4v) is 3.91. The van der Waals surface area contributed by atoms with E-state index in [2.05, 4.69) is 5.32 Å². The molecule has 1 aliphatic carbocycles. The third kappa shape index (κ3) is 2.58. The van der Waals surface area contributed by atoms with E-state index in [1.165, 1.54) is 6.42 Å². The second-order valence-corrected chi connectivity index (χ2v) is 7.18. The summed E-state index contributed by atoms with van der Waals surface area (Å²) in [5.41, 5.74) is 3.53. The van der Waals surface area contributed by atoms with Crippen LogP contribution in [0.25, 0.3) is 0 Å². The van der Waals surface area contributed by atoms with Gasteiger partial charge < -0.3 is 15.2 Å². The molecule has 2 N–H and O–H groups in total. The SMILES string of the molecule is CCCC(=O)NC1CC2(CCC2)Oc2c(C)c(C)c(O)c(C)c21. The van der Waals surface area contributed by atoms with Gasteiger partial charge in [0.15, 0.2) is 0 Å². The maximum Gasteiger partial charge on any atom is 0.220 e. The molecule has 3 rings (SSSR count). The summed E-state index contributed by atoms with van der Waals surface area (Å²) in [7, 11) is 0. The van der Waals surface area contributed by atoms with Crippen LogP contribution in [0.1, 0.15) is 73.7 Å². The molecule has 1 saturated carbocycles. The average Bonchev–Trinajstić information content (AvgIpc) is 2.48. The fourth-order valence-electron chi connectivity index (χ4n) is 3.91. The second kappa shape index (κ2) is 5.73. The zero-order chi connectivity index (χ0) is 16.8. The first-order valence-electron chi connectivity index (χ1n) is 8.69. The highest BCUT2D eigenvalue weighted by Crippen LogP contribution is 2.52. The predicted molar refractivity (Wildman–Crippen MR) is 89.9 cm³/mol. The van der Waals surface area contributed by atoms with Crippen LogP contribution < -0.4 is 10.1 Å². The number of rotatable bonds is 3. The van der Waals surface area contributed by atoms with Gasteiger partial charge in [-0.15, -0.1) is 0 Å². The molecule has 4 heteroatoms. The third-order valence-electron chi connectivity index (χ3n) is 5.58. The normalized spacial score (nSPS) is 21.3. The lowest BCUT2D eigenvalue weighted by atomic mass is 9.72. The zero-order valence-corrected chi connectivity index (χ0v) is 14.6. The molecule has 1 spiro atoms. The number of phenols is 1. The molecule has 1 fully saturated rings. The molecule has 23 heavy (non-hydrogen) atoms. The number of carbonyl (C=O) groups is 1. The first kappa shape index (κ1) is 16.2. The van der Waals surface area contributed by atoms with Crippen molar-refractivity contribution >= 4 is 5.91 Å². The topological polar surface area (TPSA) is 58.6 Å². The lowest BCUT2D eigenvalue weighted by Gasteiger charge is -2.49. The molecule has 1 heterocycles. The summed E-state index contributed by atoms with van der Waals surface area (Å²) < 4.78 is 6.41. The fraction of sp³-hybridized carbons (Fsp3) is 0.632. The van der Waals surface area contributed by atoms with Crippen LogP contribution in [0.3, 0.4) is 0 Å². The molecule has 1 unspecified atom stereocenters. The van der Waals surface area contributed by atoms with Crippen molar-refractivity contribution in [3.8, 4) is 11.5 Å². The molecule has 2 aliphatic rings. The van der Waals surface area contributed by atoms with Gasteiger partial charge in [0.1, 0.15) is 17.1 Å². The van der Waals surface area contributed by atoms with Gasteiger partial charge in [-0.25, -0.2) is 0 Å². The molecule has 4 nitrogen and oxygen atoms in total. The van der Waals surface area contributed by atoms with Crippen LogP contribution in [-0.4, -0.2) is 16.6 Å². The van der Waals surface area contributed by atoms with Crippen LogP contribution in [-0.2, 0) is 4.79 Å². The van der Waals surface area contributed by atoms with Crippen molar-refractivity contribution in [3.05, 3.63) is 22.3 Å². The Hall–Kier alpha value is -1.71. The molecule has 0 bridgehead atoms. The number of aromatic hydroxyl groups is 1. The third-order valence-corrected chi connectivity index (χ3v) is 5.58. The number of benzene rings is 1. The number of phenolic OH excluding ortho intramolecular Hbond substituents is 1. The van der Waals surface area contributed by atoms with E-state index in [0.29, 0.717) is 12.2 Å². The molecule has 0 aromatic heterocycles. The van der Waals surface area contributed by atoms with Crippen molar-refractivity contribution < 1.29 is 14.6 Å². The summed E-state index contributed by atoms with van der Waals surface area (Å²) in [5, 5.41) is 13.6. The summed E-state index contributed by atoms with van der Waals surface area (Å²) in [6.07, 6.45) is 5.45. The molecular weight excluding hydrogens is 290 g/mol. The van der Waals surface area contributed by atoms with E-state index < -0.39 is 0 Å². The zero-order valence-electron chi connectivity index (χ0n) is 14.6. The molecule has 0 saturated heterocycles. The minimum Gasteiger partial charge on any atom is -0.507 e. The highest BCUT2D eigenvalue weighted by molar-refractivity contribution is 5.77. The minimum atomic E-state index is -0.127. The van der Waals surface area contributed by atoms with Gasteiger partial charge >= 0.3 is 0 Å². The van der Waals surface area contributed by atoms with Crippen LogP contribution in [0.15, 0.2) is 0 Å². The Balaban J connectivity index is 2.06. The Morgan fingerprint density at radius 3 is 2.52 bits per heavy atom. The maximum atomic E-state index is 12.2. The average molecular weight is 317 g/mol. The van der Waals surface area contributed by atoms with E-state index >= 15 is 0 Å². The highest BCUT2D eigenvalue weighted by atomic mass is 16.5. The number of amides is 1. The van der Waals surface area contributed by atoms with E-state index in [1.54, 1.807) is 0 Å². The van der Waals surface area contributed by atoms with Crippen molar-refractivity contribution in [3.63, 3.8) is 0 Å². The molecule has 0 radical (unpaired) electrons. The van der Waals surface area contributed by atoms with Crippen molar-refractivity contribution in [1.82, 2.24) is 5.32 Å². The summed E-state index contributed by atoms with van der Waals surface area (Å²) in [6.45, 7) is 7.85. The lowest BCUT2D eigenvalue weighted by Crippen LogP contribution is -2.50.